The van der Waals surface area contributed by atoms with Crippen LogP contribution in [-0.2, 0) is 20.0 Å². The average molecular weight is 370 g/mol. The molecule has 8 heteroatoms. The van der Waals surface area contributed by atoms with Crippen LogP contribution in [-0.4, -0.2) is 41.9 Å². The average Bonchev–Trinajstić information content (AvgIpc) is 3.33. The van der Waals surface area contributed by atoms with E-state index in [-0.39, 0.29) is 11.9 Å². The predicted molar refractivity (Wildman–Crippen MR) is 100 cm³/mol. The lowest BCUT2D eigenvalue weighted by molar-refractivity contribution is 0.0738. The molecule has 0 aromatic carbocycles. The Balaban J connectivity index is 1.72. The van der Waals surface area contributed by atoms with Crippen LogP contribution in [0.15, 0.2) is 17.8 Å². The Bertz CT molecular complexity index is 966. The second-order valence-corrected chi connectivity index (χ2v) is 7.88. The molecule has 4 rings (SSSR count). The van der Waals surface area contributed by atoms with Gasteiger partial charge >= 0.3 is 0 Å². The lowest BCUT2D eigenvalue weighted by Crippen LogP contribution is -2.36. The van der Waals surface area contributed by atoms with Gasteiger partial charge in [-0.3, -0.25) is 9.48 Å². The zero-order valence-corrected chi connectivity index (χ0v) is 16.2. The zero-order valence-electron chi connectivity index (χ0n) is 15.4. The van der Waals surface area contributed by atoms with Crippen LogP contribution in [0.25, 0.3) is 11.5 Å². The highest BCUT2D eigenvalue weighted by atomic mass is 32.1. The maximum atomic E-state index is 12.9. The van der Waals surface area contributed by atoms with Crippen LogP contribution >= 0.6 is 11.3 Å². The second kappa shape index (κ2) is 6.35. The molecule has 1 aliphatic heterocycles. The maximum Gasteiger partial charge on any atom is 0.264 e. The van der Waals surface area contributed by atoms with E-state index in [1.807, 2.05) is 39.6 Å². The number of fused-ring (bicyclic) bond motifs is 1. The first-order valence-electron chi connectivity index (χ1n) is 8.75. The van der Waals surface area contributed by atoms with E-state index in [1.54, 1.807) is 6.33 Å². The molecule has 0 N–H and O–H groups in total. The van der Waals surface area contributed by atoms with Gasteiger partial charge in [-0.2, -0.15) is 5.10 Å². The first-order chi connectivity index (χ1) is 12.5. The third-order valence-corrected chi connectivity index (χ3v) is 5.93. The fourth-order valence-electron chi connectivity index (χ4n) is 3.47. The number of carbonyl (C=O) groups excluding carboxylic acids is 1. The van der Waals surface area contributed by atoms with Crippen molar-refractivity contribution in [1.29, 1.82) is 0 Å². The monoisotopic (exact) mass is 370 g/mol. The molecule has 1 amide bonds. The number of thiophene rings is 1. The molecule has 26 heavy (non-hydrogen) atoms. The number of carbonyl (C=O) groups is 1. The lowest BCUT2D eigenvalue weighted by atomic mass is 10.0. The van der Waals surface area contributed by atoms with Crippen molar-refractivity contribution >= 4 is 17.2 Å². The third-order valence-electron chi connectivity index (χ3n) is 4.93. The van der Waals surface area contributed by atoms with Crippen molar-refractivity contribution in [3.8, 4) is 11.5 Å². The van der Waals surface area contributed by atoms with Gasteiger partial charge in [0.15, 0.2) is 5.82 Å². The van der Waals surface area contributed by atoms with Crippen molar-refractivity contribution in [2.24, 2.45) is 7.05 Å². The molecular weight excluding hydrogens is 348 g/mol. The molecule has 0 atom stereocenters. The Kier molecular flexibility index (Phi) is 4.14. The van der Waals surface area contributed by atoms with Gasteiger partial charge in [-0.15, -0.1) is 21.5 Å². The Morgan fingerprint density at radius 1 is 1.35 bits per heavy atom. The van der Waals surface area contributed by atoms with Crippen LogP contribution in [0, 0.1) is 6.92 Å². The number of amides is 1. The summed E-state index contributed by atoms with van der Waals surface area (Å²) < 4.78 is 3.94. The fourth-order valence-corrected chi connectivity index (χ4v) is 4.36. The largest absolute Gasteiger partial charge is 0.333 e. The van der Waals surface area contributed by atoms with Gasteiger partial charge in [0.25, 0.3) is 5.91 Å². The van der Waals surface area contributed by atoms with Crippen LogP contribution < -0.4 is 0 Å². The van der Waals surface area contributed by atoms with Crippen LogP contribution in [0.1, 0.15) is 46.4 Å². The van der Waals surface area contributed by atoms with E-state index in [9.17, 15) is 4.79 Å². The van der Waals surface area contributed by atoms with Gasteiger partial charge in [0.05, 0.1) is 11.4 Å². The van der Waals surface area contributed by atoms with Crippen molar-refractivity contribution in [3.05, 3.63) is 39.5 Å². The second-order valence-electron chi connectivity index (χ2n) is 6.96. The number of aryl methyl sites for hydroxylation is 2. The first-order valence-corrected chi connectivity index (χ1v) is 9.63. The minimum Gasteiger partial charge on any atom is -0.333 e. The van der Waals surface area contributed by atoms with Gasteiger partial charge in [-0.05, 0) is 37.8 Å². The van der Waals surface area contributed by atoms with E-state index < -0.39 is 0 Å². The molecule has 136 valence electrons. The first kappa shape index (κ1) is 17.0. The van der Waals surface area contributed by atoms with E-state index in [0.717, 1.165) is 33.9 Å². The molecule has 4 heterocycles. The molecule has 0 spiro atoms. The van der Waals surface area contributed by atoms with Gasteiger partial charge in [-0.1, -0.05) is 0 Å². The summed E-state index contributed by atoms with van der Waals surface area (Å²) in [5, 5.41) is 15.0. The summed E-state index contributed by atoms with van der Waals surface area (Å²) in [6.45, 7) is 7.44. The third kappa shape index (κ3) is 2.65. The number of aromatic nitrogens is 5. The number of rotatable bonds is 3. The van der Waals surface area contributed by atoms with Crippen molar-refractivity contribution in [2.45, 2.75) is 39.8 Å². The Morgan fingerprint density at radius 2 is 2.15 bits per heavy atom. The normalized spacial score (nSPS) is 14.1. The molecular formula is C18H22N6OS. The molecule has 0 saturated carbocycles. The predicted octanol–water partition coefficient (Wildman–Crippen LogP) is 2.83. The van der Waals surface area contributed by atoms with Gasteiger partial charge < -0.3 is 9.47 Å². The van der Waals surface area contributed by atoms with E-state index >= 15 is 0 Å². The lowest BCUT2D eigenvalue weighted by Gasteiger charge is -2.27. The molecule has 1 aliphatic rings. The Hall–Kier alpha value is -2.48. The van der Waals surface area contributed by atoms with Gasteiger partial charge in [0.1, 0.15) is 12.0 Å². The van der Waals surface area contributed by atoms with Crippen LogP contribution in [0.2, 0.25) is 0 Å². The Labute approximate surface area is 156 Å². The van der Waals surface area contributed by atoms with Crippen molar-refractivity contribution in [1.82, 2.24) is 29.4 Å². The topological polar surface area (TPSA) is 68.8 Å². The van der Waals surface area contributed by atoms with E-state index in [0.29, 0.717) is 13.1 Å². The molecule has 7 nitrogen and oxygen atoms in total. The highest BCUT2D eigenvalue weighted by Gasteiger charge is 2.30. The van der Waals surface area contributed by atoms with Crippen LogP contribution in [0.5, 0.6) is 0 Å². The molecule has 0 fully saturated rings. The van der Waals surface area contributed by atoms with Crippen molar-refractivity contribution in [2.75, 3.05) is 6.54 Å². The Morgan fingerprint density at radius 3 is 2.85 bits per heavy atom. The van der Waals surface area contributed by atoms with E-state index in [1.165, 1.54) is 17.0 Å². The minimum atomic E-state index is 0.100. The van der Waals surface area contributed by atoms with Crippen LogP contribution in [0.3, 0.4) is 0 Å². The summed E-state index contributed by atoms with van der Waals surface area (Å²) in [5.41, 5.74) is 4.12. The quantitative estimate of drug-likeness (QED) is 0.711. The summed E-state index contributed by atoms with van der Waals surface area (Å²) in [6, 6.07) is 2.24. The molecule has 0 saturated heterocycles. The molecule has 3 aromatic heterocycles. The summed E-state index contributed by atoms with van der Waals surface area (Å²) >= 11 is 1.51. The van der Waals surface area contributed by atoms with E-state index in [2.05, 4.69) is 24.0 Å². The molecule has 0 radical (unpaired) electrons. The number of hydrogen-bond donors (Lipinski definition) is 0. The fraction of sp³-hybridized carbons (Fsp3) is 0.444. The number of hydrogen-bond acceptors (Lipinski definition) is 5. The summed E-state index contributed by atoms with van der Waals surface area (Å²) in [4.78, 5) is 15.7. The molecule has 0 unspecified atom stereocenters. The maximum absolute atomic E-state index is 12.9. The standard InChI is InChI=1S/C18H22N6OS/c1-11(2)24-10-19-20-17(24)15-13-9-23(7-5-14(13)22(4)21-15)18(25)16-12(3)6-8-26-16/h6,8,10-11H,5,7,9H2,1-4H3. The van der Waals surface area contributed by atoms with Crippen molar-refractivity contribution in [3.63, 3.8) is 0 Å². The summed E-state index contributed by atoms with van der Waals surface area (Å²) in [5.74, 6) is 0.863. The van der Waals surface area contributed by atoms with Gasteiger partial charge in [-0.25, -0.2) is 0 Å². The molecule has 0 bridgehead atoms. The summed E-state index contributed by atoms with van der Waals surface area (Å²) in [7, 11) is 1.96. The molecule has 0 aliphatic carbocycles. The van der Waals surface area contributed by atoms with Crippen LogP contribution in [0.4, 0.5) is 0 Å². The van der Waals surface area contributed by atoms with E-state index in [4.69, 9.17) is 5.10 Å². The van der Waals surface area contributed by atoms with Gasteiger partial charge in [0.2, 0.25) is 0 Å². The van der Waals surface area contributed by atoms with Gasteiger partial charge in [0, 0.05) is 37.3 Å². The minimum absolute atomic E-state index is 0.100. The summed E-state index contributed by atoms with van der Waals surface area (Å²) in [6.07, 6.45) is 2.53. The zero-order chi connectivity index (χ0) is 18.4. The SMILES string of the molecule is Cc1ccsc1C(=O)N1CCc2c(c(-c3nncn3C(C)C)nn2C)C1. The number of nitrogens with zero attached hydrogens (tertiary/aromatic N) is 6. The molecule has 3 aromatic rings. The highest BCUT2D eigenvalue weighted by molar-refractivity contribution is 7.12. The highest BCUT2D eigenvalue weighted by Crippen LogP contribution is 2.31. The van der Waals surface area contributed by atoms with Crippen molar-refractivity contribution < 1.29 is 4.79 Å². The smallest absolute Gasteiger partial charge is 0.264 e.